The van der Waals surface area contributed by atoms with Crippen LogP contribution in [0.1, 0.15) is 44.0 Å². The van der Waals surface area contributed by atoms with E-state index in [0.717, 1.165) is 45.4 Å². The molecular formula is C18H28N4O2. The number of amides is 1. The highest BCUT2D eigenvalue weighted by Gasteiger charge is 2.47. The van der Waals surface area contributed by atoms with Crippen molar-refractivity contribution in [2.24, 2.45) is 5.41 Å². The predicted molar refractivity (Wildman–Crippen MR) is 90.5 cm³/mol. The quantitative estimate of drug-likeness (QED) is 0.842. The van der Waals surface area contributed by atoms with Crippen LogP contribution < -0.4 is 0 Å². The second-order valence-electron chi connectivity index (χ2n) is 7.79. The van der Waals surface area contributed by atoms with Crippen molar-refractivity contribution in [1.29, 1.82) is 0 Å². The lowest BCUT2D eigenvalue weighted by Crippen LogP contribution is -2.56. The van der Waals surface area contributed by atoms with Crippen molar-refractivity contribution in [3.05, 3.63) is 18.2 Å². The molecule has 3 aliphatic rings. The van der Waals surface area contributed by atoms with Gasteiger partial charge >= 0.3 is 0 Å². The SMILES string of the molecule is COC1CN(C)C(=O)C2(CCN(Cc3nccn3C3CC3)CC2)C1. The first-order chi connectivity index (χ1) is 11.6. The van der Waals surface area contributed by atoms with Crippen LogP contribution in [0.25, 0.3) is 0 Å². The minimum atomic E-state index is -0.212. The van der Waals surface area contributed by atoms with Gasteiger partial charge < -0.3 is 14.2 Å². The van der Waals surface area contributed by atoms with Crippen LogP contribution in [-0.2, 0) is 16.1 Å². The molecule has 2 saturated heterocycles. The molecule has 0 radical (unpaired) electrons. The minimum absolute atomic E-state index is 0.174. The number of hydrogen-bond donors (Lipinski definition) is 0. The number of likely N-dealkylation sites (N-methyl/N-ethyl adjacent to an activating group) is 1. The maximum Gasteiger partial charge on any atom is 0.228 e. The number of carbonyl (C=O) groups is 1. The van der Waals surface area contributed by atoms with Crippen molar-refractivity contribution in [2.75, 3.05) is 33.8 Å². The fraction of sp³-hybridized carbons (Fsp3) is 0.778. The van der Waals surface area contributed by atoms with Crippen molar-refractivity contribution in [3.63, 3.8) is 0 Å². The van der Waals surface area contributed by atoms with Gasteiger partial charge in [0.2, 0.25) is 5.91 Å². The molecule has 6 nitrogen and oxygen atoms in total. The van der Waals surface area contributed by atoms with E-state index in [-0.39, 0.29) is 11.5 Å². The number of aromatic nitrogens is 2. The zero-order valence-corrected chi connectivity index (χ0v) is 14.8. The average Bonchev–Trinajstić information content (AvgIpc) is 3.34. The summed E-state index contributed by atoms with van der Waals surface area (Å²) in [7, 11) is 3.67. The van der Waals surface area contributed by atoms with E-state index >= 15 is 0 Å². The third-order valence-electron chi connectivity index (χ3n) is 6.10. The fourth-order valence-electron chi connectivity index (χ4n) is 4.45. The number of piperidine rings is 2. The first kappa shape index (κ1) is 16.1. The number of likely N-dealkylation sites (tertiary alicyclic amines) is 2. The molecule has 1 amide bonds. The van der Waals surface area contributed by atoms with Gasteiger partial charge in [-0.25, -0.2) is 4.98 Å². The molecule has 132 valence electrons. The van der Waals surface area contributed by atoms with Gasteiger partial charge in [0, 0.05) is 39.1 Å². The summed E-state index contributed by atoms with van der Waals surface area (Å²) in [6.45, 7) is 3.55. The number of methoxy groups -OCH3 is 1. The molecule has 1 aromatic rings. The van der Waals surface area contributed by atoms with Crippen LogP contribution in [-0.4, -0.2) is 65.2 Å². The number of rotatable bonds is 4. The summed E-state index contributed by atoms with van der Waals surface area (Å²) in [5, 5.41) is 0. The van der Waals surface area contributed by atoms with Crippen LogP contribution in [0.3, 0.4) is 0 Å². The van der Waals surface area contributed by atoms with Crippen molar-refractivity contribution < 1.29 is 9.53 Å². The lowest BCUT2D eigenvalue weighted by molar-refractivity contribution is -0.156. The number of nitrogens with zero attached hydrogens (tertiary/aromatic N) is 4. The van der Waals surface area contributed by atoms with Gasteiger partial charge in [-0.05, 0) is 45.2 Å². The molecule has 1 spiro atoms. The second-order valence-corrected chi connectivity index (χ2v) is 7.79. The van der Waals surface area contributed by atoms with Crippen LogP contribution in [0.2, 0.25) is 0 Å². The summed E-state index contributed by atoms with van der Waals surface area (Å²) < 4.78 is 7.92. The predicted octanol–water partition coefficient (Wildman–Crippen LogP) is 1.68. The molecule has 2 aliphatic heterocycles. The fourth-order valence-corrected chi connectivity index (χ4v) is 4.45. The standard InChI is InChI=1S/C18H28N4O2/c1-20-12-15(24-2)11-18(17(20)23)5-8-21(9-6-18)13-16-19-7-10-22(16)14-3-4-14/h7,10,14-15H,3-6,8-9,11-13H2,1-2H3. The molecule has 1 aromatic heterocycles. The van der Waals surface area contributed by atoms with E-state index < -0.39 is 0 Å². The average molecular weight is 332 g/mol. The smallest absolute Gasteiger partial charge is 0.228 e. The van der Waals surface area contributed by atoms with E-state index in [4.69, 9.17) is 4.74 Å². The van der Waals surface area contributed by atoms with Crippen LogP contribution in [0.4, 0.5) is 0 Å². The van der Waals surface area contributed by atoms with Crippen LogP contribution in [0.15, 0.2) is 12.4 Å². The Kier molecular flexibility index (Phi) is 4.12. The molecule has 0 N–H and O–H groups in total. The van der Waals surface area contributed by atoms with Gasteiger partial charge in [0.25, 0.3) is 0 Å². The van der Waals surface area contributed by atoms with Crippen LogP contribution in [0.5, 0.6) is 0 Å². The summed E-state index contributed by atoms with van der Waals surface area (Å²) in [6.07, 6.45) is 9.51. The van der Waals surface area contributed by atoms with E-state index in [1.807, 2.05) is 18.1 Å². The molecule has 1 saturated carbocycles. The van der Waals surface area contributed by atoms with Gasteiger partial charge in [-0.1, -0.05) is 0 Å². The monoisotopic (exact) mass is 332 g/mol. The molecule has 24 heavy (non-hydrogen) atoms. The van der Waals surface area contributed by atoms with E-state index in [9.17, 15) is 4.79 Å². The van der Waals surface area contributed by atoms with Gasteiger partial charge in [-0.3, -0.25) is 9.69 Å². The Hall–Kier alpha value is -1.40. The third-order valence-corrected chi connectivity index (χ3v) is 6.10. The first-order valence-electron chi connectivity index (χ1n) is 9.14. The van der Waals surface area contributed by atoms with E-state index in [0.29, 0.717) is 11.9 Å². The van der Waals surface area contributed by atoms with E-state index in [2.05, 4.69) is 20.6 Å². The Balaban J connectivity index is 1.40. The molecule has 1 atom stereocenters. The molecule has 3 fully saturated rings. The highest BCUT2D eigenvalue weighted by molar-refractivity contribution is 5.83. The van der Waals surface area contributed by atoms with Crippen molar-refractivity contribution >= 4 is 5.91 Å². The number of imidazole rings is 1. The zero-order valence-electron chi connectivity index (χ0n) is 14.8. The minimum Gasteiger partial charge on any atom is -0.380 e. The van der Waals surface area contributed by atoms with Gasteiger partial charge in [0.1, 0.15) is 5.82 Å². The Labute approximate surface area is 143 Å². The molecule has 1 unspecified atom stereocenters. The highest BCUT2D eigenvalue weighted by atomic mass is 16.5. The Morgan fingerprint density at radius 2 is 2.08 bits per heavy atom. The van der Waals surface area contributed by atoms with E-state index in [1.165, 1.54) is 18.7 Å². The van der Waals surface area contributed by atoms with Gasteiger partial charge in [-0.2, -0.15) is 0 Å². The molecular weight excluding hydrogens is 304 g/mol. The maximum atomic E-state index is 12.8. The lowest BCUT2D eigenvalue weighted by atomic mass is 9.71. The van der Waals surface area contributed by atoms with Crippen molar-refractivity contribution in [2.45, 2.75) is 50.8 Å². The summed E-state index contributed by atoms with van der Waals surface area (Å²) in [5.74, 6) is 1.49. The normalized spacial score (nSPS) is 27.8. The molecule has 0 aromatic carbocycles. The van der Waals surface area contributed by atoms with Crippen LogP contribution in [0, 0.1) is 5.41 Å². The van der Waals surface area contributed by atoms with Gasteiger partial charge in [0.05, 0.1) is 18.1 Å². The molecule has 4 rings (SSSR count). The molecule has 6 heteroatoms. The Bertz CT molecular complexity index is 602. The number of ether oxygens (including phenoxy) is 1. The summed E-state index contributed by atoms with van der Waals surface area (Å²) >= 11 is 0. The van der Waals surface area contributed by atoms with Gasteiger partial charge in [-0.15, -0.1) is 0 Å². The highest BCUT2D eigenvalue weighted by Crippen LogP contribution is 2.42. The first-order valence-corrected chi connectivity index (χ1v) is 9.14. The maximum absolute atomic E-state index is 12.8. The Morgan fingerprint density at radius 1 is 1.33 bits per heavy atom. The zero-order chi connectivity index (χ0) is 16.7. The topological polar surface area (TPSA) is 50.6 Å². The summed E-state index contributed by atoms with van der Waals surface area (Å²) in [4.78, 5) is 21.7. The van der Waals surface area contributed by atoms with Crippen molar-refractivity contribution in [1.82, 2.24) is 19.4 Å². The molecule has 0 bridgehead atoms. The summed E-state index contributed by atoms with van der Waals surface area (Å²) in [6, 6.07) is 0.676. The largest absolute Gasteiger partial charge is 0.380 e. The van der Waals surface area contributed by atoms with Gasteiger partial charge in [0.15, 0.2) is 0 Å². The number of carbonyl (C=O) groups excluding carboxylic acids is 1. The number of hydrogen-bond acceptors (Lipinski definition) is 4. The summed E-state index contributed by atoms with van der Waals surface area (Å²) in [5.41, 5.74) is -0.212. The molecule has 3 heterocycles. The van der Waals surface area contributed by atoms with E-state index in [1.54, 1.807) is 7.11 Å². The molecule has 1 aliphatic carbocycles. The third kappa shape index (κ3) is 2.86. The van der Waals surface area contributed by atoms with Crippen LogP contribution >= 0.6 is 0 Å². The lowest BCUT2D eigenvalue weighted by Gasteiger charge is -2.47. The Morgan fingerprint density at radius 3 is 2.75 bits per heavy atom. The second kappa shape index (κ2) is 6.15. The van der Waals surface area contributed by atoms with Crippen molar-refractivity contribution in [3.8, 4) is 0 Å².